The molecule has 1 saturated heterocycles. The summed E-state index contributed by atoms with van der Waals surface area (Å²) >= 11 is 0. The van der Waals surface area contributed by atoms with Gasteiger partial charge in [0.15, 0.2) is 5.82 Å². The van der Waals surface area contributed by atoms with Crippen LogP contribution in [0.1, 0.15) is 13.8 Å². The molecule has 1 aliphatic rings. The van der Waals surface area contributed by atoms with E-state index in [4.69, 9.17) is 4.78 Å². The third kappa shape index (κ3) is 2.85. The number of H-pyrrole nitrogens is 1. The van der Waals surface area contributed by atoms with Crippen molar-refractivity contribution in [2.75, 3.05) is 23.7 Å². The van der Waals surface area contributed by atoms with Crippen LogP contribution in [0.2, 0.25) is 0 Å². The zero-order valence-corrected chi connectivity index (χ0v) is 16.6. The number of aromatic amines is 1. The fraction of sp³-hybridized carbons (Fsp3) is 0.286. The third-order valence-electron chi connectivity index (χ3n) is 5.36. The highest BCUT2D eigenvalue weighted by Crippen LogP contribution is 2.41. The largest absolute Gasteiger partial charge is 0.368 e. The standard InChI is InChI=1S/C21H21FN4OS/c1-3-28(24,27)14-8-9-18(26-12-21(2,11-23)13-26)16(10-14)20-19(22)15-6-4-5-7-17(15)25-20/h4-10,24-25H,3,12-13H2,1-2H3/t28-/m1/s1. The molecule has 4 rings (SSSR count). The highest BCUT2D eigenvalue weighted by molar-refractivity contribution is 7.92. The Balaban J connectivity index is 1.91. The topological polar surface area (TPSA) is 83.7 Å². The fourth-order valence-corrected chi connectivity index (χ4v) is 4.62. The molecule has 28 heavy (non-hydrogen) atoms. The van der Waals surface area contributed by atoms with Gasteiger partial charge in [0.25, 0.3) is 0 Å². The van der Waals surface area contributed by atoms with E-state index in [-0.39, 0.29) is 11.6 Å². The fourth-order valence-electron chi connectivity index (χ4n) is 3.69. The predicted octanol–water partition coefficient (Wildman–Crippen LogP) is 4.75. The number of rotatable bonds is 4. The van der Waals surface area contributed by atoms with Gasteiger partial charge in [0.05, 0.1) is 26.9 Å². The molecule has 7 heteroatoms. The number of halogens is 1. The van der Waals surface area contributed by atoms with Gasteiger partial charge in [-0.3, -0.25) is 0 Å². The summed E-state index contributed by atoms with van der Waals surface area (Å²) in [5, 5.41) is 9.80. The number of hydrogen-bond donors (Lipinski definition) is 2. The first-order valence-electron chi connectivity index (χ1n) is 9.11. The van der Waals surface area contributed by atoms with Gasteiger partial charge in [-0.05, 0) is 37.3 Å². The van der Waals surface area contributed by atoms with E-state index in [2.05, 4.69) is 11.1 Å². The number of nitrogens with one attached hydrogen (secondary N) is 2. The first-order valence-corrected chi connectivity index (χ1v) is 10.8. The van der Waals surface area contributed by atoms with Crippen molar-refractivity contribution in [3.8, 4) is 17.3 Å². The average molecular weight is 396 g/mol. The van der Waals surface area contributed by atoms with Crippen molar-refractivity contribution in [3.05, 3.63) is 48.3 Å². The van der Waals surface area contributed by atoms with Gasteiger partial charge in [0.2, 0.25) is 0 Å². The maximum atomic E-state index is 15.2. The van der Waals surface area contributed by atoms with Gasteiger partial charge in [-0.15, -0.1) is 0 Å². The Kier molecular flexibility index (Phi) is 4.20. The van der Waals surface area contributed by atoms with Gasteiger partial charge in [0.1, 0.15) is 0 Å². The lowest BCUT2D eigenvalue weighted by Crippen LogP contribution is -2.54. The zero-order chi connectivity index (χ0) is 20.1. The molecule has 0 unspecified atom stereocenters. The van der Waals surface area contributed by atoms with Crippen LogP contribution in [0, 0.1) is 27.3 Å². The van der Waals surface area contributed by atoms with Crippen LogP contribution in [0.15, 0.2) is 47.4 Å². The smallest absolute Gasteiger partial charge is 0.156 e. The van der Waals surface area contributed by atoms with Gasteiger partial charge in [-0.2, -0.15) is 5.26 Å². The molecule has 2 heterocycles. The van der Waals surface area contributed by atoms with Crippen molar-refractivity contribution in [2.45, 2.75) is 18.7 Å². The maximum Gasteiger partial charge on any atom is 0.156 e. The normalized spacial score (nSPS) is 17.7. The average Bonchev–Trinajstić information content (AvgIpc) is 3.02. The van der Waals surface area contributed by atoms with Gasteiger partial charge in [0, 0.05) is 45.9 Å². The van der Waals surface area contributed by atoms with E-state index >= 15 is 4.39 Å². The summed E-state index contributed by atoms with van der Waals surface area (Å²) in [6.07, 6.45) is 0. The molecule has 2 N–H and O–H groups in total. The molecule has 0 saturated carbocycles. The maximum absolute atomic E-state index is 15.2. The SMILES string of the molecule is CC[S@@](=N)(=O)c1ccc(N2CC(C)(C#N)C2)c(-c2[nH]c3ccccc3c2F)c1. The van der Waals surface area contributed by atoms with Crippen LogP contribution in [0.3, 0.4) is 0 Å². The van der Waals surface area contributed by atoms with E-state index in [0.29, 0.717) is 40.1 Å². The highest BCUT2D eigenvalue weighted by atomic mass is 32.2. The van der Waals surface area contributed by atoms with Crippen LogP contribution < -0.4 is 4.90 Å². The van der Waals surface area contributed by atoms with Crippen LogP contribution in [-0.2, 0) is 9.73 Å². The van der Waals surface area contributed by atoms with Crippen LogP contribution in [-0.4, -0.2) is 28.0 Å². The molecule has 1 aromatic heterocycles. The number of nitriles is 1. The van der Waals surface area contributed by atoms with E-state index in [0.717, 1.165) is 5.69 Å². The molecular formula is C21H21FN4OS. The van der Waals surface area contributed by atoms with Crippen molar-refractivity contribution >= 4 is 26.3 Å². The van der Waals surface area contributed by atoms with Crippen molar-refractivity contribution < 1.29 is 8.60 Å². The Morgan fingerprint density at radius 3 is 2.68 bits per heavy atom. The predicted molar refractivity (Wildman–Crippen MR) is 109 cm³/mol. The Hall–Kier alpha value is -2.85. The molecular weight excluding hydrogens is 375 g/mol. The number of anilines is 1. The molecule has 0 amide bonds. The number of fused-ring (bicyclic) bond motifs is 1. The van der Waals surface area contributed by atoms with Gasteiger partial charge >= 0.3 is 0 Å². The summed E-state index contributed by atoms with van der Waals surface area (Å²) in [6, 6.07) is 14.6. The molecule has 1 fully saturated rings. The van der Waals surface area contributed by atoms with Crippen molar-refractivity contribution in [1.29, 1.82) is 10.0 Å². The number of hydrogen-bond acceptors (Lipinski definition) is 4. The van der Waals surface area contributed by atoms with Gasteiger partial charge in [-0.25, -0.2) is 13.4 Å². The molecule has 0 spiro atoms. The second-order valence-corrected chi connectivity index (χ2v) is 9.93. The molecule has 5 nitrogen and oxygen atoms in total. The Morgan fingerprint density at radius 2 is 2.04 bits per heavy atom. The second kappa shape index (κ2) is 6.35. The quantitative estimate of drug-likeness (QED) is 0.667. The van der Waals surface area contributed by atoms with Crippen LogP contribution in [0.5, 0.6) is 0 Å². The molecule has 0 bridgehead atoms. The first-order chi connectivity index (χ1) is 13.3. The molecule has 3 aromatic rings. The molecule has 144 valence electrons. The molecule has 1 atom stereocenters. The van der Waals surface area contributed by atoms with Crippen LogP contribution >= 0.6 is 0 Å². The summed E-state index contributed by atoms with van der Waals surface area (Å²) in [5.41, 5.74) is 1.91. The minimum Gasteiger partial charge on any atom is -0.368 e. The van der Waals surface area contributed by atoms with Gasteiger partial charge < -0.3 is 9.88 Å². The van der Waals surface area contributed by atoms with Crippen molar-refractivity contribution in [3.63, 3.8) is 0 Å². The zero-order valence-electron chi connectivity index (χ0n) is 15.8. The van der Waals surface area contributed by atoms with E-state index in [1.54, 1.807) is 37.3 Å². The lowest BCUT2D eigenvalue weighted by Gasteiger charge is -2.45. The van der Waals surface area contributed by atoms with Crippen LogP contribution in [0.25, 0.3) is 22.2 Å². The second-order valence-electron chi connectivity index (χ2n) is 7.53. The molecule has 1 aliphatic heterocycles. The summed E-state index contributed by atoms with van der Waals surface area (Å²) in [6.45, 7) is 4.69. The number of para-hydroxylation sites is 1. The van der Waals surface area contributed by atoms with Crippen molar-refractivity contribution in [2.24, 2.45) is 5.41 Å². The third-order valence-corrected chi connectivity index (χ3v) is 7.19. The number of aromatic nitrogens is 1. The Morgan fingerprint density at radius 1 is 1.32 bits per heavy atom. The van der Waals surface area contributed by atoms with E-state index in [9.17, 15) is 9.47 Å². The first kappa shape index (κ1) is 18.5. The summed E-state index contributed by atoms with van der Waals surface area (Å²) < 4.78 is 35.9. The lowest BCUT2D eigenvalue weighted by molar-refractivity contribution is 0.337. The van der Waals surface area contributed by atoms with E-state index in [1.165, 1.54) is 0 Å². The van der Waals surface area contributed by atoms with Crippen molar-refractivity contribution in [1.82, 2.24) is 4.98 Å². The van der Waals surface area contributed by atoms with E-state index < -0.39 is 15.1 Å². The number of benzene rings is 2. The van der Waals surface area contributed by atoms with Crippen LogP contribution in [0.4, 0.5) is 10.1 Å². The summed E-state index contributed by atoms with van der Waals surface area (Å²) in [7, 11) is -2.94. The molecule has 0 radical (unpaired) electrons. The van der Waals surface area contributed by atoms with E-state index in [1.807, 2.05) is 24.0 Å². The number of nitrogens with zero attached hydrogens (tertiary/aromatic N) is 2. The minimum absolute atomic E-state index is 0.192. The molecule has 0 aliphatic carbocycles. The molecule has 2 aromatic carbocycles. The van der Waals surface area contributed by atoms with Gasteiger partial charge in [-0.1, -0.05) is 19.1 Å². The minimum atomic E-state index is -2.94. The monoisotopic (exact) mass is 396 g/mol. The highest BCUT2D eigenvalue weighted by Gasteiger charge is 2.40. The lowest BCUT2D eigenvalue weighted by atomic mass is 9.83. The Bertz CT molecular complexity index is 1220. The Labute approximate surface area is 163 Å². The summed E-state index contributed by atoms with van der Waals surface area (Å²) in [4.78, 5) is 5.54. The summed E-state index contributed by atoms with van der Waals surface area (Å²) in [5.74, 6) is -0.178.